The SMILES string of the molecule is C/C=C/CCc1ccc(-c2ccc(CC/C=C/C3CCC(c4ccc(C5CO5)c(F)c4F)CC3)cc2)cc1. The van der Waals surface area contributed by atoms with Gasteiger partial charge < -0.3 is 4.74 Å². The molecule has 3 heteroatoms. The van der Waals surface area contributed by atoms with Crippen LogP contribution in [0.2, 0.25) is 0 Å². The molecule has 0 N–H and O–H groups in total. The molecule has 3 aromatic rings. The van der Waals surface area contributed by atoms with E-state index in [-0.39, 0.29) is 12.0 Å². The number of benzene rings is 3. The van der Waals surface area contributed by atoms with Gasteiger partial charge in [0, 0.05) is 5.56 Å². The Balaban J connectivity index is 1.06. The summed E-state index contributed by atoms with van der Waals surface area (Å²) in [6.07, 6.45) is 16.8. The van der Waals surface area contributed by atoms with Gasteiger partial charge in [0.25, 0.3) is 0 Å². The fourth-order valence-corrected chi connectivity index (χ4v) is 5.68. The van der Waals surface area contributed by atoms with Crippen LogP contribution in [0.25, 0.3) is 11.1 Å². The van der Waals surface area contributed by atoms with E-state index < -0.39 is 11.6 Å². The highest BCUT2D eigenvalue weighted by molar-refractivity contribution is 5.64. The Kier molecular flexibility index (Phi) is 8.86. The third-order valence-corrected chi connectivity index (χ3v) is 8.12. The molecule has 1 aliphatic carbocycles. The number of ether oxygens (including phenoxy) is 1. The molecule has 1 saturated carbocycles. The number of aryl methyl sites for hydroxylation is 2. The van der Waals surface area contributed by atoms with Crippen molar-refractivity contribution in [1.82, 2.24) is 0 Å². The highest BCUT2D eigenvalue weighted by Crippen LogP contribution is 2.40. The van der Waals surface area contributed by atoms with E-state index in [4.69, 9.17) is 4.74 Å². The summed E-state index contributed by atoms with van der Waals surface area (Å²) in [5, 5.41) is 0. The van der Waals surface area contributed by atoms with Gasteiger partial charge in [-0.3, -0.25) is 0 Å². The first-order chi connectivity index (χ1) is 18.6. The molecule has 0 radical (unpaired) electrons. The third kappa shape index (κ3) is 6.69. The summed E-state index contributed by atoms with van der Waals surface area (Å²) in [5.41, 5.74) is 6.15. The maximum atomic E-state index is 14.7. The maximum absolute atomic E-state index is 14.7. The molecule has 3 aromatic carbocycles. The zero-order valence-corrected chi connectivity index (χ0v) is 22.3. The largest absolute Gasteiger partial charge is 0.368 e. The zero-order valence-electron chi connectivity index (χ0n) is 22.3. The quantitative estimate of drug-likeness (QED) is 0.195. The minimum atomic E-state index is -0.714. The molecule has 0 aromatic heterocycles. The lowest BCUT2D eigenvalue weighted by Crippen LogP contribution is -2.14. The summed E-state index contributed by atoms with van der Waals surface area (Å²) in [4.78, 5) is 0. The molecule has 198 valence electrons. The molecule has 0 spiro atoms. The topological polar surface area (TPSA) is 12.5 Å². The summed E-state index contributed by atoms with van der Waals surface area (Å²) in [7, 11) is 0. The first-order valence-electron chi connectivity index (χ1n) is 14.2. The van der Waals surface area contributed by atoms with Crippen molar-refractivity contribution in [1.29, 1.82) is 0 Å². The van der Waals surface area contributed by atoms with Gasteiger partial charge >= 0.3 is 0 Å². The van der Waals surface area contributed by atoms with Crippen LogP contribution in [-0.2, 0) is 17.6 Å². The van der Waals surface area contributed by atoms with Crippen LogP contribution in [-0.4, -0.2) is 6.61 Å². The number of rotatable bonds is 10. The molecule has 1 unspecified atom stereocenters. The van der Waals surface area contributed by atoms with Crippen LogP contribution in [0.15, 0.2) is 85.0 Å². The van der Waals surface area contributed by atoms with Gasteiger partial charge in [0.1, 0.15) is 6.10 Å². The molecule has 38 heavy (non-hydrogen) atoms. The van der Waals surface area contributed by atoms with E-state index in [1.807, 2.05) is 0 Å². The van der Waals surface area contributed by atoms with Gasteiger partial charge in [-0.05, 0) is 97.9 Å². The fourth-order valence-electron chi connectivity index (χ4n) is 5.68. The summed E-state index contributed by atoms with van der Waals surface area (Å²) < 4.78 is 34.2. The molecule has 2 aliphatic rings. The fraction of sp³-hybridized carbons (Fsp3) is 0.371. The minimum Gasteiger partial charge on any atom is -0.368 e. The van der Waals surface area contributed by atoms with Crippen LogP contribution in [0.1, 0.15) is 79.7 Å². The van der Waals surface area contributed by atoms with E-state index in [9.17, 15) is 8.78 Å². The predicted molar refractivity (Wildman–Crippen MR) is 152 cm³/mol. The molecule has 1 aliphatic heterocycles. The zero-order chi connectivity index (χ0) is 26.3. The first-order valence-corrected chi connectivity index (χ1v) is 14.2. The van der Waals surface area contributed by atoms with Crippen molar-refractivity contribution in [3.63, 3.8) is 0 Å². The number of hydrogen-bond acceptors (Lipinski definition) is 1. The molecule has 2 fully saturated rings. The van der Waals surface area contributed by atoms with Crippen LogP contribution >= 0.6 is 0 Å². The Hall–Kier alpha value is -3.04. The lowest BCUT2D eigenvalue weighted by Gasteiger charge is -2.27. The highest BCUT2D eigenvalue weighted by atomic mass is 19.2. The summed E-state index contributed by atoms with van der Waals surface area (Å²) in [5.74, 6) is -0.744. The average molecular weight is 513 g/mol. The Morgan fingerprint density at radius 1 is 0.711 bits per heavy atom. The van der Waals surface area contributed by atoms with E-state index in [0.29, 0.717) is 23.7 Å². The van der Waals surface area contributed by atoms with E-state index in [1.54, 1.807) is 12.1 Å². The van der Waals surface area contributed by atoms with Gasteiger partial charge in [0.2, 0.25) is 0 Å². The van der Waals surface area contributed by atoms with Crippen molar-refractivity contribution >= 4 is 0 Å². The summed E-state index contributed by atoms with van der Waals surface area (Å²) in [6, 6.07) is 21.3. The molecule has 0 bridgehead atoms. The van der Waals surface area contributed by atoms with Crippen LogP contribution in [0.5, 0.6) is 0 Å². The van der Waals surface area contributed by atoms with Gasteiger partial charge in [-0.15, -0.1) is 0 Å². The Morgan fingerprint density at radius 3 is 1.79 bits per heavy atom. The number of allylic oxidation sites excluding steroid dienone is 4. The lowest BCUT2D eigenvalue weighted by atomic mass is 9.78. The van der Waals surface area contributed by atoms with Crippen molar-refractivity contribution in [3.8, 4) is 11.1 Å². The third-order valence-electron chi connectivity index (χ3n) is 8.12. The second-order valence-corrected chi connectivity index (χ2v) is 10.8. The normalized spacial score (nSPS) is 21.4. The predicted octanol–water partition coefficient (Wildman–Crippen LogP) is 9.67. The van der Waals surface area contributed by atoms with Crippen LogP contribution in [0.4, 0.5) is 8.78 Å². The second-order valence-electron chi connectivity index (χ2n) is 10.8. The molecule has 5 rings (SSSR count). The molecular formula is C35H38F2O. The van der Waals surface area contributed by atoms with Gasteiger partial charge in [-0.25, -0.2) is 8.78 Å². The highest BCUT2D eigenvalue weighted by Gasteiger charge is 2.32. The lowest BCUT2D eigenvalue weighted by molar-refractivity contribution is 0.360. The molecule has 0 amide bonds. The molecule has 1 atom stereocenters. The summed E-state index contributed by atoms with van der Waals surface area (Å²) in [6.45, 7) is 2.56. The van der Waals surface area contributed by atoms with Crippen molar-refractivity contribution in [2.24, 2.45) is 5.92 Å². The Morgan fingerprint density at radius 2 is 1.24 bits per heavy atom. The smallest absolute Gasteiger partial charge is 0.165 e. The van der Waals surface area contributed by atoms with E-state index >= 15 is 0 Å². The van der Waals surface area contributed by atoms with Gasteiger partial charge in [0.15, 0.2) is 11.6 Å². The Bertz CT molecular complexity index is 1240. The van der Waals surface area contributed by atoms with Crippen molar-refractivity contribution in [2.45, 2.75) is 70.3 Å². The van der Waals surface area contributed by atoms with E-state index in [0.717, 1.165) is 51.4 Å². The first kappa shape index (κ1) is 26.6. The van der Waals surface area contributed by atoms with Gasteiger partial charge in [0.05, 0.1) is 6.61 Å². The summed E-state index contributed by atoms with van der Waals surface area (Å²) >= 11 is 0. The van der Waals surface area contributed by atoms with Crippen molar-refractivity contribution in [3.05, 3.63) is 119 Å². The minimum absolute atomic E-state index is 0.108. The molecule has 1 heterocycles. The maximum Gasteiger partial charge on any atom is 0.165 e. The van der Waals surface area contributed by atoms with Crippen LogP contribution in [0.3, 0.4) is 0 Å². The van der Waals surface area contributed by atoms with Gasteiger partial charge in [-0.1, -0.05) is 85.0 Å². The molecule has 1 saturated heterocycles. The molecular weight excluding hydrogens is 474 g/mol. The van der Waals surface area contributed by atoms with E-state index in [2.05, 4.69) is 79.8 Å². The Labute approximate surface area is 226 Å². The standard InChI is InChI=1S/C35H38F2O/c1-2-3-4-7-25-10-16-28(17-11-25)29-18-12-26(13-19-29)8-5-6-9-27-14-20-30(21-15-27)31-22-23-32(33-24-38-33)35(37)34(31)36/h2-3,6,9-13,16-19,22-23,27,30,33H,4-5,7-8,14-15,20-21,24H2,1H3/b3-2+,9-6+. The monoisotopic (exact) mass is 512 g/mol. The van der Waals surface area contributed by atoms with Gasteiger partial charge in [-0.2, -0.15) is 0 Å². The van der Waals surface area contributed by atoms with Crippen LogP contribution in [0, 0.1) is 17.6 Å². The molecule has 1 nitrogen and oxygen atoms in total. The van der Waals surface area contributed by atoms with Crippen molar-refractivity contribution in [2.75, 3.05) is 6.61 Å². The van der Waals surface area contributed by atoms with E-state index in [1.165, 1.54) is 22.3 Å². The average Bonchev–Trinajstić information content (AvgIpc) is 3.80. The number of hydrogen-bond donors (Lipinski definition) is 0. The number of epoxide rings is 1. The van der Waals surface area contributed by atoms with Crippen molar-refractivity contribution < 1.29 is 13.5 Å². The second kappa shape index (κ2) is 12.7. The number of halogens is 2. The van der Waals surface area contributed by atoms with Crippen LogP contribution < -0.4 is 0 Å².